The van der Waals surface area contributed by atoms with Gasteiger partial charge in [-0.2, -0.15) is 0 Å². The fraction of sp³-hybridized carbons (Fsp3) is 0.300. The molecule has 5 nitrogen and oxygen atoms in total. The van der Waals surface area contributed by atoms with E-state index < -0.39 is 0 Å². The van der Waals surface area contributed by atoms with Crippen LogP contribution in [-0.4, -0.2) is 31.5 Å². The molecule has 0 fully saturated rings. The van der Waals surface area contributed by atoms with E-state index in [0.29, 0.717) is 42.3 Å². The number of fused-ring (bicyclic) bond motifs is 2. The zero-order valence-electron chi connectivity index (χ0n) is 14.3. The Morgan fingerprint density at radius 2 is 1.96 bits per heavy atom. The quantitative estimate of drug-likeness (QED) is 0.871. The summed E-state index contributed by atoms with van der Waals surface area (Å²) in [5.41, 5.74) is 2.64. The molecular formula is C20H20N2O3. The summed E-state index contributed by atoms with van der Waals surface area (Å²) in [5.74, 6) is 0.374. The first kappa shape index (κ1) is 15.7. The van der Waals surface area contributed by atoms with Crippen LogP contribution in [0.15, 0.2) is 42.5 Å². The van der Waals surface area contributed by atoms with Crippen LogP contribution < -0.4 is 15.0 Å². The average Bonchev–Trinajstić information content (AvgIpc) is 2.83. The van der Waals surface area contributed by atoms with Crippen molar-refractivity contribution in [3.8, 4) is 5.75 Å². The first-order valence-electron chi connectivity index (χ1n) is 8.44. The highest BCUT2D eigenvalue weighted by molar-refractivity contribution is 6.12. The van der Waals surface area contributed by atoms with Crippen molar-refractivity contribution in [3.05, 3.63) is 59.2 Å². The molecule has 0 bridgehead atoms. The van der Waals surface area contributed by atoms with Crippen molar-refractivity contribution in [1.29, 1.82) is 0 Å². The lowest BCUT2D eigenvalue weighted by atomic mass is 9.86. The Labute approximate surface area is 146 Å². The van der Waals surface area contributed by atoms with Crippen LogP contribution in [0.1, 0.15) is 40.1 Å². The summed E-state index contributed by atoms with van der Waals surface area (Å²) in [6.07, 6.45) is 0. The summed E-state index contributed by atoms with van der Waals surface area (Å²) in [6, 6.07) is 12.9. The number of rotatable bonds is 1. The maximum atomic E-state index is 13.3. The monoisotopic (exact) mass is 336 g/mol. The van der Waals surface area contributed by atoms with Crippen molar-refractivity contribution in [2.75, 3.05) is 24.6 Å². The first-order chi connectivity index (χ1) is 12.0. The molecule has 0 aromatic heterocycles. The summed E-state index contributed by atoms with van der Waals surface area (Å²) in [7, 11) is 0. The largest absolute Gasteiger partial charge is 0.492 e. The molecule has 0 atom stereocenters. The Balaban J connectivity index is 1.79. The van der Waals surface area contributed by atoms with E-state index in [1.54, 1.807) is 23.1 Å². The van der Waals surface area contributed by atoms with E-state index in [9.17, 15) is 9.59 Å². The van der Waals surface area contributed by atoms with Gasteiger partial charge >= 0.3 is 0 Å². The number of benzene rings is 2. The lowest BCUT2D eigenvalue weighted by Crippen LogP contribution is -2.35. The van der Waals surface area contributed by atoms with E-state index in [1.807, 2.05) is 24.3 Å². The third-order valence-corrected chi connectivity index (χ3v) is 4.86. The smallest absolute Gasteiger partial charge is 0.262 e. The minimum absolute atomic E-state index is 0.111. The molecule has 4 rings (SSSR count). The van der Waals surface area contributed by atoms with Crippen LogP contribution in [0.3, 0.4) is 0 Å². The van der Waals surface area contributed by atoms with E-state index in [-0.39, 0.29) is 17.2 Å². The Morgan fingerprint density at radius 3 is 2.80 bits per heavy atom. The van der Waals surface area contributed by atoms with Crippen LogP contribution in [-0.2, 0) is 5.41 Å². The van der Waals surface area contributed by atoms with Crippen molar-refractivity contribution in [2.24, 2.45) is 0 Å². The predicted octanol–water partition coefficient (Wildman–Crippen LogP) is 2.75. The highest BCUT2D eigenvalue weighted by atomic mass is 16.5. The second kappa shape index (κ2) is 5.62. The van der Waals surface area contributed by atoms with Gasteiger partial charge in [-0.15, -0.1) is 0 Å². The van der Waals surface area contributed by atoms with E-state index in [2.05, 4.69) is 19.2 Å². The van der Waals surface area contributed by atoms with Crippen molar-refractivity contribution in [2.45, 2.75) is 19.3 Å². The number of carbonyl (C=O) groups is 2. The van der Waals surface area contributed by atoms with Gasteiger partial charge in [0.05, 0.1) is 23.4 Å². The number of ether oxygens (including phenoxy) is 1. The topological polar surface area (TPSA) is 58.6 Å². The summed E-state index contributed by atoms with van der Waals surface area (Å²) < 4.78 is 5.87. The van der Waals surface area contributed by atoms with Crippen molar-refractivity contribution >= 4 is 17.5 Å². The van der Waals surface area contributed by atoms with Crippen LogP contribution in [0.25, 0.3) is 0 Å². The SMILES string of the molecule is CC1(C)COc2c(C(=O)N3CCNC(=O)c4ccccc43)cccc21. The molecule has 0 unspecified atom stereocenters. The van der Waals surface area contributed by atoms with Crippen LogP contribution in [0.4, 0.5) is 5.69 Å². The molecule has 2 aromatic carbocycles. The van der Waals surface area contributed by atoms with E-state index in [4.69, 9.17) is 4.74 Å². The van der Waals surface area contributed by atoms with Gasteiger partial charge in [-0.3, -0.25) is 9.59 Å². The van der Waals surface area contributed by atoms with Gasteiger partial charge in [0.25, 0.3) is 11.8 Å². The fourth-order valence-corrected chi connectivity index (χ4v) is 3.48. The summed E-state index contributed by atoms with van der Waals surface area (Å²) >= 11 is 0. The molecule has 25 heavy (non-hydrogen) atoms. The molecule has 0 aliphatic carbocycles. The molecule has 0 saturated heterocycles. The zero-order valence-corrected chi connectivity index (χ0v) is 14.3. The number of hydrogen-bond acceptors (Lipinski definition) is 3. The molecular weight excluding hydrogens is 316 g/mol. The maximum Gasteiger partial charge on any atom is 0.262 e. The lowest BCUT2D eigenvalue weighted by Gasteiger charge is -2.23. The Hall–Kier alpha value is -2.82. The van der Waals surface area contributed by atoms with E-state index >= 15 is 0 Å². The fourth-order valence-electron chi connectivity index (χ4n) is 3.48. The number of para-hydroxylation sites is 2. The van der Waals surface area contributed by atoms with Gasteiger partial charge in [-0.05, 0) is 18.2 Å². The van der Waals surface area contributed by atoms with Gasteiger partial charge in [0.1, 0.15) is 5.75 Å². The number of amides is 2. The van der Waals surface area contributed by atoms with Crippen LogP contribution in [0, 0.1) is 0 Å². The number of nitrogens with one attached hydrogen (secondary N) is 1. The number of carbonyl (C=O) groups excluding carboxylic acids is 2. The van der Waals surface area contributed by atoms with E-state index in [1.165, 1.54) is 0 Å². The van der Waals surface area contributed by atoms with Gasteiger partial charge < -0.3 is 15.0 Å². The third kappa shape index (κ3) is 2.47. The van der Waals surface area contributed by atoms with Crippen LogP contribution in [0.2, 0.25) is 0 Å². The van der Waals surface area contributed by atoms with Gasteiger partial charge in [0, 0.05) is 24.1 Å². The van der Waals surface area contributed by atoms with Crippen LogP contribution in [0.5, 0.6) is 5.75 Å². The molecule has 5 heteroatoms. The van der Waals surface area contributed by atoms with Gasteiger partial charge in [0.2, 0.25) is 0 Å². The number of nitrogens with zero attached hydrogens (tertiary/aromatic N) is 1. The number of hydrogen-bond donors (Lipinski definition) is 1. The molecule has 0 saturated carbocycles. The Kier molecular flexibility index (Phi) is 3.53. The van der Waals surface area contributed by atoms with Crippen LogP contribution >= 0.6 is 0 Å². The second-order valence-electron chi connectivity index (χ2n) is 7.08. The molecule has 1 N–H and O–H groups in total. The molecule has 0 radical (unpaired) electrons. The minimum atomic E-state index is -0.151. The highest BCUT2D eigenvalue weighted by Crippen LogP contribution is 2.41. The minimum Gasteiger partial charge on any atom is -0.492 e. The normalized spacial score (nSPS) is 17.8. The number of anilines is 1. The summed E-state index contributed by atoms with van der Waals surface area (Å²) in [6.45, 7) is 5.62. The lowest BCUT2D eigenvalue weighted by molar-refractivity contribution is 0.0953. The van der Waals surface area contributed by atoms with Crippen molar-refractivity contribution < 1.29 is 14.3 Å². The average molecular weight is 336 g/mol. The van der Waals surface area contributed by atoms with E-state index in [0.717, 1.165) is 5.56 Å². The van der Waals surface area contributed by atoms with Gasteiger partial charge in [0.15, 0.2) is 0 Å². The van der Waals surface area contributed by atoms with Crippen molar-refractivity contribution in [1.82, 2.24) is 5.32 Å². The second-order valence-corrected chi connectivity index (χ2v) is 7.08. The third-order valence-electron chi connectivity index (χ3n) is 4.86. The Morgan fingerprint density at radius 1 is 1.16 bits per heavy atom. The highest BCUT2D eigenvalue weighted by Gasteiger charge is 2.36. The molecule has 2 aromatic rings. The predicted molar refractivity (Wildman–Crippen MR) is 95.4 cm³/mol. The first-order valence-corrected chi connectivity index (χ1v) is 8.44. The standard InChI is InChI=1S/C20H20N2O3/c1-20(2)12-25-17-14(7-5-8-15(17)20)19(24)22-11-10-21-18(23)13-6-3-4-9-16(13)22/h3-9H,10-12H2,1-2H3,(H,21,23). The van der Waals surface area contributed by atoms with Gasteiger partial charge in [-0.25, -0.2) is 0 Å². The molecule has 2 aliphatic rings. The van der Waals surface area contributed by atoms with Crippen molar-refractivity contribution in [3.63, 3.8) is 0 Å². The summed E-state index contributed by atoms with van der Waals surface area (Å²) in [5, 5.41) is 2.84. The zero-order chi connectivity index (χ0) is 17.6. The molecule has 2 amide bonds. The molecule has 0 spiro atoms. The maximum absolute atomic E-state index is 13.3. The summed E-state index contributed by atoms with van der Waals surface area (Å²) in [4.78, 5) is 27.2. The van der Waals surface area contributed by atoms with Gasteiger partial charge in [-0.1, -0.05) is 38.1 Å². The molecule has 2 heterocycles. The molecule has 128 valence electrons. The Bertz CT molecular complexity index is 873. The molecule has 2 aliphatic heterocycles.